The number of carbonyl (C=O) groups is 1. The third kappa shape index (κ3) is 3.53. The van der Waals surface area contributed by atoms with Crippen molar-refractivity contribution in [2.24, 2.45) is 11.7 Å². The minimum Gasteiger partial charge on any atom is -0.508 e. The zero-order valence-electron chi connectivity index (χ0n) is 12.3. The van der Waals surface area contributed by atoms with Gasteiger partial charge in [-0.1, -0.05) is 25.6 Å². The largest absolute Gasteiger partial charge is 0.508 e. The zero-order chi connectivity index (χ0) is 15.5. The standard InChI is InChI=1S/C16H22N2O2S/c1-2-11-7-9-16(10-8-11,15(17)21)18-14(20)12-3-5-13(19)6-4-12/h3-6,11,19H,2,7-10H2,1H3,(H2,17,21)(H,18,20). The third-order valence-electron chi connectivity index (χ3n) is 4.49. The molecule has 1 saturated carbocycles. The molecule has 2 rings (SSSR count). The lowest BCUT2D eigenvalue weighted by molar-refractivity contribution is 0.0898. The molecule has 1 amide bonds. The van der Waals surface area contributed by atoms with E-state index in [1.54, 1.807) is 12.1 Å². The van der Waals surface area contributed by atoms with Crippen LogP contribution in [-0.4, -0.2) is 21.5 Å². The van der Waals surface area contributed by atoms with E-state index in [9.17, 15) is 9.90 Å². The summed E-state index contributed by atoms with van der Waals surface area (Å²) < 4.78 is 0. The summed E-state index contributed by atoms with van der Waals surface area (Å²) in [6.07, 6.45) is 4.81. The number of nitrogens with two attached hydrogens (primary N) is 1. The van der Waals surface area contributed by atoms with Gasteiger partial charge in [-0.2, -0.15) is 0 Å². The molecule has 21 heavy (non-hydrogen) atoms. The normalized spacial score (nSPS) is 25.3. The van der Waals surface area contributed by atoms with Crippen LogP contribution in [0, 0.1) is 5.92 Å². The molecule has 0 bridgehead atoms. The monoisotopic (exact) mass is 306 g/mol. The molecule has 0 aromatic heterocycles. The van der Waals surface area contributed by atoms with Crippen molar-refractivity contribution in [3.05, 3.63) is 29.8 Å². The predicted molar refractivity (Wildman–Crippen MR) is 87.3 cm³/mol. The first-order valence-corrected chi connectivity index (χ1v) is 7.79. The topological polar surface area (TPSA) is 75.3 Å². The van der Waals surface area contributed by atoms with Crippen LogP contribution in [0.25, 0.3) is 0 Å². The zero-order valence-corrected chi connectivity index (χ0v) is 13.1. The van der Waals surface area contributed by atoms with Crippen molar-refractivity contribution < 1.29 is 9.90 Å². The molecule has 0 spiro atoms. The fourth-order valence-corrected chi connectivity index (χ4v) is 3.17. The number of nitrogens with one attached hydrogen (secondary N) is 1. The van der Waals surface area contributed by atoms with E-state index in [0.29, 0.717) is 16.5 Å². The first kappa shape index (κ1) is 15.8. The molecule has 0 radical (unpaired) electrons. The Hall–Kier alpha value is -1.62. The van der Waals surface area contributed by atoms with E-state index in [0.717, 1.165) is 32.1 Å². The second-order valence-corrected chi connectivity index (χ2v) is 6.24. The van der Waals surface area contributed by atoms with Crippen LogP contribution in [0.4, 0.5) is 0 Å². The molecule has 0 saturated heterocycles. The van der Waals surface area contributed by atoms with Crippen LogP contribution in [0.15, 0.2) is 24.3 Å². The molecule has 0 unspecified atom stereocenters. The van der Waals surface area contributed by atoms with Gasteiger partial charge in [-0.15, -0.1) is 0 Å². The van der Waals surface area contributed by atoms with Crippen LogP contribution in [0.3, 0.4) is 0 Å². The molecule has 1 aliphatic carbocycles. The maximum Gasteiger partial charge on any atom is 0.252 e. The number of phenolic OH excluding ortho intramolecular Hbond substituents is 1. The van der Waals surface area contributed by atoms with Gasteiger partial charge >= 0.3 is 0 Å². The van der Waals surface area contributed by atoms with Gasteiger partial charge < -0.3 is 16.2 Å². The Labute approximate surface area is 130 Å². The average molecular weight is 306 g/mol. The molecular formula is C16H22N2O2S. The highest BCUT2D eigenvalue weighted by Crippen LogP contribution is 2.34. The maximum absolute atomic E-state index is 12.4. The number of aromatic hydroxyl groups is 1. The molecule has 1 aromatic rings. The summed E-state index contributed by atoms with van der Waals surface area (Å²) in [5, 5.41) is 12.3. The van der Waals surface area contributed by atoms with E-state index in [2.05, 4.69) is 12.2 Å². The summed E-state index contributed by atoms with van der Waals surface area (Å²) in [6, 6.07) is 6.18. The van der Waals surface area contributed by atoms with Crippen molar-refractivity contribution in [3.63, 3.8) is 0 Å². The number of rotatable bonds is 4. The van der Waals surface area contributed by atoms with Gasteiger partial charge in [-0.3, -0.25) is 4.79 Å². The Kier molecular flexibility index (Phi) is 4.83. The number of carbonyl (C=O) groups excluding carboxylic acids is 1. The molecular weight excluding hydrogens is 284 g/mol. The average Bonchev–Trinajstić information content (AvgIpc) is 2.48. The van der Waals surface area contributed by atoms with Gasteiger partial charge in [0, 0.05) is 5.56 Å². The van der Waals surface area contributed by atoms with Crippen molar-refractivity contribution >= 4 is 23.1 Å². The second-order valence-electron chi connectivity index (χ2n) is 5.80. The Morgan fingerprint density at radius 2 is 1.95 bits per heavy atom. The van der Waals surface area contributed by atoms with E-state index in [1.165, 1.54) is 12.1 Å². The Balaban J connectivity index is 2.12. The smallest absolute Gasteiger partial charge is 0.252 e. The van der Waals surface area contributed by atoms with Crippen molar-refractivity contribution in [3.8, 4) is 5.75 Å². The van der Waals surface area contributed by atoms with Gasteiger partial charge in [0.15, 0.2) is 0 Å². The molecule has 0 atom stereocenters. The SMILES string of the molecule is CCC1CCC(NC(=O)c2ccc(O)cc2)(C(N)=S)CC1. The van der Waals surface area contributed by atoms with E-state index in [-0.39, 0.29) is 11.7 Å². The Bertz CT molecular complexity index is 520. The number of benzene rings is 1. The second kappa shape index (κ2) is 6.43. The highest BCUT2D eigenvalue weighted by atomic mass is 32.1. The molecule has 5 heteroatoms. The van der Waals surface area contributed by atoms with Crippen LogP contribution in [-0.2, 0) is 0 Å². The molecule has 1 fully saturated rings. The number of thiocarbonyl (C=S) groups is 1. The third-order valence-corrected chi connectivity index (χ3v) is 4.88. The lowest BCUT2D eigenvalue weighted by atomic mass is 9.75. The molecule has 114 valence electrons. The first-order chi connectivity index (χ1) is 9.97. The number of hydrogen-bond donors (Lipinski definition) is 3. The molecule has 4 N–H and O–H groups in total. The van der Waals surface area contributed by atoms with Gasteiger partial charge in [-0.05, 0) is 55.9 Å². The predicted octanol–water partition coefficient (Wildman–Crippen LogP) is 2.75. The molecule has 0 heterocycles. The van der Waals surface area contributed by atoms with Gasteiger partial charge in [0.25, 0.3) is 5.91 Å². The van der Waals surface area contributed by atoms with E-state index in [4.69, 9.17) is 18.0 Å². The van der Waals surface area contributed by atoms with E-state index < -0.39 is 5.54 Å². The van der Waals surface area contributed by atoms with Crippen molar-refractivity contribution in [2.45, 2.75) is 44.6 Å². The summed E-state index contributed by atoms with van der Waals surface area (Å²) in [5.74, 6) is 0.634. The maximum atomic E-state index is 12.4. The van der Waals surface area contributed by atoms with E-state index >= 15 is 0 Å². The van der Waals surface area contributed by atoms with E-state index in [1.807, 2.05) is 0 Å². The number of phenols is 1. The first-order valence-electron chi connectivity index (χ1n) is 7.38. The lowest BCUT2D eigenvalue weighted by Gasteiger charge is -2.40. The molecule has 0 aliphatic heterocycles. The Morgan fingerprint density at radius 3 is 2.43 bits per heavy atom. The van der Waals surface area contributed by atoms with Crippen molar-refractivity contribution in [2.75, 3.05) is 0 Å². The fraction of sp³-hybridized carbons (Fsp3) is 0.500. The number of amides is 1. The van der Waals surface area contributed by atoms with Crippen LogP contribution in [0.5, 0.6) is 5.75 Å². The Morgan fingerprint density at radius 1 is 1.38 bits per heavy atom. The van der Waals surface area contributed by atoms with Gasteiger partial charge in [0.1, 0.15) is 5.75 Å². The van der Waals surface area contributed by atoms with Crippen LogP contribution < -0.4 is 11.1 Å². The van der Waals surface area contributed by atoms with Gasteiger partial charge in [0.05, 0.1) is 10.5 Å². The number of hydrogen-bond acceptors (Lipinski definition) is 3. The van der Waals surface area contributed by atoms with Crippen LogP contribution in [0.1, 0.15) is 49.4 Å². The minimum atomic E-state index is -0.573. The van der Waals surface area contributed by atoms with Crippen LogP contribution in [0.2, 0.25) is 0 Å². The van der Waals surface area contributed by atoms with Gasteiger partial charge in [-0.25, -0.2) is 0 Å². The van der Waals surface area contributed by atoms with Gasteiger partial charge in [0.2, 0.25) is 0 Å². The van der Waals surface area contributed by atoms with Crippen molar-refractivity contribution in [1.82, 2.24) is 5.32 Å². The molecule has 4 nitrogen and oxygen atoms in total. The summed E-state index contributed by atoms with van der Waals surface area (Å²) in [6.45, 7) is 2.19. The summed E-state index contributed by atoms with van der Waals surface area (Å²) >= 11 is 5.21. The molecule has 1 aromatic carbocycles. The highest BCUT2D eigenvalue weighted by Gasteiger charge is 2.38. The summed E-state index contributed by atoms with van der Waals surface area (Å²) in [4.78, 5) is 12.7. The quantitative estimate of drug-likeness (QED) is 0.748. The lowest BCUT2D eigenvalue weighted by Crippen LogP contribution is -2.58. The minimum absolute atomic E-state index is 0.138. The summed E-state index contributed by atoms with van der Waals surface area (Å²) in [7, 11) is 0. The van der Waals surface area contributed by atoms with Crippen LogP contribution >= 0.6 is 12.2 Å². The highest BCUT2D eigenvalue weighted by molar-refractivity contribution is 7.80. The summed E-state index contributed by atoms with van der Waals surface area (Å²) in [5.41, 5.74) is 5.84. The van der Waals surface area contributed by atoms with Crippen molar-refractivity contribution in [1.29, 1.82) is 0 Å². The fourth-order valence-electron chi connectivity index (χ4n) is 2.91. The molecule has 1 aliphatic rings.